The molecule has 14 heavy (non-hydrogen) atoms. The van der Waals surface area contributed by atoms with Crippen molar-refractivity contribution < 1.29 is 11.0 Å². The van der Waals surface area contributed by atoms with Crippen molar-refractivity contribution in [3.63, 3.8) is 0 Å². The van der Waals surface area contributed by atoms with Crippen molar-refractivity contribution >= 4 is 24.8 Å². The van der Waals surface area contributed by atoms with E-state index in [2.05, 4.69) is 26.0 Å². The van der Waals surface area contributed by atoms with Gasteiger partial charge in [-0.05, 0) is 30.5 Å². The van der Waals surface area contributed by atoms with E-state index >= 15 is 0 Å². The largest absolute Gasteiger partial charge is 0.412 e. The molecule has 0 radical (unpaired) electrons. The van der Waals surface area contributed by atoms with Crippen molar-refractivity contribution in [1.82, 2.24) is 0 Å². The average molecular weight is 244 g/mol. The highest BCUT2D eigenvalue weighted by atomic mass is 35.5. The average Bonchev–Trinajstić information content (AvgIpc) is 1.95. The molecule has 0 aliphatic rings. The summed E-state index contributed by atoms with van der Waals surface area (Å²) >= 11 is 0. The molecule has 1 rings (SSSR count). The maximum atomic E-state index is 5.52. The number of hydrogen-bond donors (Lipinski definition) is 1. The number of benzene rings is 1. The molecule has 86 valence electrons. The lowest BCUT2D eigenvalue weighted by atomic mass is 10.0. The topological polar surface area (TPSA) is 89.0 Å². The van der Waals surface area contributed by atoms with Gasteiger partial charge < -0.3 is 16.7 Å². The Balaban J connectivity index is -0.000000125. The lowest BCUT2D eigenvalue weighted by molar-refractivity contribution is 0.823. The highest BCUT2D eigenvalue weighted by Crippen LogP contribution is 2.10. The monoisotopic (exact) mass is 243 g/mol. The number of nitrogens with two attached hydrogens (primary N) is 1. The molecule has 5 heteroatoms. The predicted octanol–water partition coefficient (Wildman–Crippen LogP) is 0.956. The fourth-order valence-corrected chi connectivity index (χ4v) is 1.03. The van der Waals surface area contributed by atoms with Crippen molar-refractivity contribution in [3.05, 3.63) is 34.9 Å². The van der Waals surface area contributed by atoms with Gasteiger partial charge in [0.05, 0.1) is 0 Å². The second-order valence-electron chi connectivity index (χ2n) is 2.56. The van der Waals surface area contributed by atoms with Gasteiger partial charge in [0, 0.05) is 6.54 Å². The fourth-order valence-electron chi connectivity index (χ4n) is 1.03. The zero-order chi connectivity index (χ0) is 7.56. The third kappa shape index (κ3) is 5.42. The summed E-state index contributed by atoms with van der Waals surface area (Å²) in [5, 5.41) is 0. The van der Waals surface area contributed by atoms with Crippen LogP contribution in [0.5, 0.6) is 0 Å². The van der Waals surface area contributed by atoms with E-state index in [9.17, 15) is 0 Å². The predicted molar refractivity (Wildman–Crippen MR) is 65.5 cm³/mol. The minimum Gasteiger partial charge on any atom is -0.412 e. The maximum Gasteiger partial charge on any atom is 0.0180 e. The van der Waals surface area contributed by atoms with Crippen LogP contribution in [0.2, 0.25) is 0 Å². The second-order valence-corrected chi connectivity index (χ2v) is 2.56. The van der Waals surface area contributed by atoms with Crippen molar-refractivity contribution in [2.75, 3.05) is 0 Å². The van der Waals surface area contributed by atoms with Crippen LogP contribution in [0, 0.1) is 13.8 Å². The first-order valence-electron chi connectivity index (χ1n) is 3.51. The summed E-state index contributed by atoms with van der Waals surface area (Å²) in [7, 11) is 0. The van der Waals surface area contributed by atoms with Crippen LogP contribution in [0.15, 0.2) is 18.2 Å². The Morgan fingerprint density at radius 2 is 1.57 bits per heavy atom. The van der Waals surface area contributed by atoms with Crippen LogP contribution in [0.25, 0.3) is 0 Å². The Kier molecular flexibility index (Phi) is 18.0. The van der Waals surface area contributed by atoms with Crippen LogP contribution in [0.4, 0.5) is 0 Å². The first-order valence-corrected chi connectivity index (χ1v) is 3.51. The molecule has 0 heterocycles. The molecule has 0 amide bonds. The highest BCUT2D eigenvalue weighted by molar-refractivity contribution is 5.85. The van der Waals surface area contributed by atoms with Gasteiger partial charge in [0.1, 0.15) is 0 Å². The van der Waals surface area contributed by atoms with Gasteiger partial charge in [-0.25, -0.2) is 0 Å². The number of aryl methyl sites for hydroxylation is 1. The molecule has 0 aromatic heterocycles. The Morgan fingerprint density at radius 3 is 1.93 bits per heavy atom. The minimum absolute atomic E-state index is 0. The van der Waals surface area contributed by atoms with E-state index < -0.39 is 0 Å². The highest BCUT2D eigenvalue weighted by Gasteiger charge is 1.95. The lowest BCUT2D eigenvalue weighted by Crippen LogP contribution is -1.99. The van der Waals surface area contributed by atoms with Crippen LogP contribution in [-0.2, 0) is 6.54 Å². The van der Waals surface area contributed by atoms with Gasteiger partial charge >= 0.3 is 0 Å². The van der Waals surface area contributed by atoms with Crippen LogP contribution in [-0.4, -0.2) is 11.0 Å². The standard InChI is InChI=1S/C9H13N.2ClH.2H2O/c1-7-4-3-5-9(6-10)8(7)2;;;;/h3-5H,6,10H2,1-2H3;2*1H;2*1H2. The zero-order valence-electron chi connectivity index (χ0n) is 8.33. The first kappa shape index (κ1) is 23.5. The number of halogens is 2. The fraction of sp³-hybridized carbons (Fsp3) is 0.333. The lowest BCUT2D eigenvalue weighted by Gasteiger charge is -2.04. The molecule has 0 bridgehead atoms. The van der Waals surface area contributed by atoms with Crippen molar-refractivity contribution in [2.45, 2.75) is 20.4 Å². The smallest absolute Gasteiger partial charge is 0.0180 e. The summed E-state index contributed by atoms with van der Waals surface area (Å²) in [5.74, 6) is 0. The van der Waals surface area contributed by atoms with Crippen molar-refractivity contribution in [2.24, 2.45) is 5.73 Å². The molecule has 0 aliphatic carbocycles. The SMILES string of the molecule is Cc1cccc(CN)c1C.Cl.Cl.O.O. The molecule has 0 fully saturated rings. The number of hydrogen-bond acceptors (Lipinski definition) is 1. The summed E-state index contributed by atoms with van der Waals surface area (Å²) < 4.78 is 0. The van der Waals surface area contributed by atoms with E-state index in [4.69, 9.17) is 5.73 Å². The maximum absolute atomic E-state index is 5.52. The van der Waals surface area contributed by atoms with Crippen LogP contribution in [0.3, 0.4) is 0 Å². The minimum atomic E-state index is 0. The van der Waals surface area contributed by atoms with Gasteiger partial charge in [-0.2, -0.15) is 0 Å². The molecule has 0 saturated heterocycles. The van der Waals surface area contributed by atoms with Gasteiger partial charge in [-0.3, -0.25) is 0 Å². The molecule has 1 aromatic rings. The zero-order valence-corrected chi connectivity index (χ0v) is 9.97. The first-order chi connectivity index (χ1) is 4.75. The van der Waals surface area contributed by atoms with Crippen molar-refractivity contribution in [1.29, 1.82) is 0 Å². The third-order valence-electron chi connectivity index (χ3n) is 1.94. The molecule has 0 spiro atoms. The van der Waals surface area contributed by atoms with E-state index in [0.29, 0.717) is 6.54 Å². The molecular weight excluding hydrogens is 225 g/mol. The van der Waals surface area contributed by atoms with E-state index in [1.54, 1.807) is 0 Å². The van der Waals surface area contributed by atoms with Crippen molar-refractivity contribution in [3.8, 4) is 0 Å². The van der Waals surface area contributed by atoms with Gasteiger partial charge in [-0.15, -0.1) is 24.8 Å². The van der Waals surface area contributed by atoms with E-state index in [1.165, 1.54) is 16.7 Å². The van der Waals surface area contributed by atoms with Crippen LogP contribution < -0.4 is 5.73 Å². The van der Waals surface area contributed by atoms with Gasteiger partial charge in [-0.1, -0.05) is 18.2 Å². The Bertz CT molecular complexity index is 244. The molecule has 0 unspecified atom stereocenters. The Labute approximate surface area is 97.1 Å². The Morgan fingerprint density at radius 1 is 1.07 bits per heavy atom. The van der Waals surface area contributed by atoms with Gasteiger partial charge in [0.15, 0.2) is 0 Å². The summed E-state index contributed by atoms with van der Waals surface area (Å²) in [6.07, 6.45) is 0. The van der Waals surface area contributed by atoms with E-state index in [-0.39, 0.29) is 35.8 Å². The summed E-state index contributed by atoms with van der Waals surface area (Å²) in [5.41, 5.74) is 9.42. The van der Waals surface area contributed by atoms with Gasteiger partial charge in [0.2, 0.25) is 0 Å². The summed E-state index contributed by atoms with van der Waals surface area (Å²) in [6.45, 7) is 4.86. The quantitative estimate of drug-likeness (QED) is 0.783. The molecular formula is C9H19Cl2NO2. The normalized spacial score (nSPS) is 7.07. The van der Waals surface area contributed by atoms with Gasteiger partial charge in [0.25, 0.3) is 0 Å². The molecule has 0 atom stereocenters. The molecule has 6 N–H and O–H groups in total. The number of rotatable bonds is 1. The molecule has 1 aromatic carbocycles. The van der Waals surface area contributed by atoms with E-state index in [0.717, 1.165) is 0 Å². The van der Waals surface area contributed by atoms with Crippen LogP contribution >= 0.6 is 24.8 Å². The van der Waals surface area contributed by atoms with Crippen LogP contribution in [0.1, 0.15) is 16.7 Å². The molecule has 3 nitrogen and oxygen atoms in total. The Hall–Kier alpha value is -0.320. The second kappa shape index (κ2) is 10.8. The molecule has 0 saturated carbocycles. The van der Waals surface area contributed by atoms with E-state index in [1.807, 2.05) is 6.07 Å². The summed E-state index contributed by atoms with van der Waals surface area (Å²) in [4.78, 5) is 0. The summed E-state index contributed by atoms with van der Waals surface area (Å²) in [6, 6.07) is 6.22. The third-order valence-corrected chi connectivity index (χ3v) is 1.94. The molecule has 0 aliphatic heterocycles.